The Morgan fingerprint density at radius 3 is 2.56 bits per heavy atom. The Hall–Kier alpha value is -3.15. The van der Waals surface area contributed by atoms with Crippen LogP contribution in [0.1, 0.15) is 25.1 Å². The van der Waals surface area contributed by atoms with E-state index >= 15 is 0 Å². The van der Waals surface area contributed by atoms with Crippen LogP contribution in [0.4, 0.5) is 0 Å². The van der Waals surface area contributed by atoms with Crippen LogP contribution in [0.15, 0.2) is 54.6 Å². The van der Waals surface area contributed by atoms with Crippen molar-refractivity contribution in [2.45, 2.75) is 25.7 Å². The molecule has 3 rings (SSSR count). The minimum Gasteiger partial charge on any atom is -0.469 e. The molecule has 1 amide bonds. The number of rotatable bonds is 8. The van der Waals surface area contributed by atoms with Gasteiger partial charge < -0.3 is 10.1 Å². The Morgan fingerprint density at radius 1 is 1.04 bits per heavy atom. The Balaban J connectivity index is 1.67. The molecular formula is C21H23N3O3. The minimum atomic E-state index is -0.263. The van der Waals surface area contributed by atoms with Crippen molar-refractivity contribution in [1.29, 1.82) is 0 Å². The molecule has 27 heavy (non-hydrogen) atoms. The van der Waals surface area contributed by atoms with Gasteiger partial charge in [-0.2, -0.15) is 0 Å². The van der Waals surface area contributed by atoms with Crippen molar-refractivity contribution >= 4 is 22.9 Å². The zero-order valence-electron chi connectivity index (χ0n) is 15.4. The number of para-hydroxylation sites is 3. The Labute approximate surface area is 158 Å². The molecular weight excluding hydrogens is 342 g/mol. The lowest BCUT2D eigenvalue weighted by Crippen LogP contribution is -2.25. The molecule has 0 radical (unpaired) electrons. The van der Waals surface area contributed by atoms with Gasteiger partial charge >= 0.3 is 5.97 Å². The second kappa shape index (κ2) is 8.98. The fraction of sp³-hybridized carbons (Fsp3) is 0.286. The van der Waals surface area contributed by atoms with E-state index in [1.54, 1.807) is 0 Å². The van der Waals surface area contributed by atoms with Crippen LogP contribution in [-0.4, -0.2) is 35.1 Å². The fourth-order valence-electron chi connectivity index (χ4n) is 2.99. The maximum atomic E-state index is 12.1. The lowest BCUT2D eigenvalue weighted by molar-refractivity contribution is -0.140. The van der Waals surface area contributed by atoms with Gasteiger partial charge in [-0.1, -0.05) is 30.3 Å². The van der Waals surface area contributed by atoms with Gasteiger partial charge in [0.15, 0.2) is 0 Å². The number of amides is 1. The predicted octanol–water partition coefficient (Wildman–Crippen LogP) is 3.03. The van der Waals surface area contributed by atoms with E-state index in [-0.39, 0.29) is 11.9 Å². The highest BCUT2D eigenvalue weighted by atomic mass is 16.5. The van der Waals surface area contributed by atoms with E-state index in [9.17, 15) is 9.59 Å². The van der Waals surface area contributed by atoms with Gasteiger partial charge in [0, 0.05) is 31.5 Å². The minimum absolute atomic E-state index is 0.0495. The third kappa shape index (κ3) is 4.73. The Morgan fingerprint density at radius 2 is 1.78 bits per heavy atom. The predicted molar refractivity (Wildman–Crippen MR) is 104 cm³/mol. The number of esters is 1. The first-order valence-corrected chi connectivity index (χ1v) is 9.04. The normalized spacial score (nSPS) is 10.7. The lowest BCUT2D eigenvalue weighted by Gasteiger charge is -2.09. The molecule has 6 nitrogen and oxygen atoms in total. The maximum Gasteiger partial charge on any atom is 0.305 e. The molecule has 0 atom stereocenters. The summed E-state index contributed by atoms with van der Waals surface area (Å²) in [6, 6.07) is 18.0. The molecule has 0 aliphatic rings. The molecule has 0 spiro atoms. The number of aryl methyl sites for hydroxylation is 1. The number of nitrogens with zero attached hydrogens (tertiary/aromatic N) is 2. The lowest BCUT2D eigenvalue weighted by atomic mass is 10.2. The number of methoxy groups -OCH3 is 1. The van der Waals surface area contributed by atoms with Crippen molar-refractivity contribution in [1.82, 2.24) is 14.9 Å². The molecule has 0 unspecified atom stereocenters. The molecule has 3 aromatic rings. The second-order valence-corrected chi connectivity index (χ2v) is 6.22. The summed E-state index contributed by atoms with van der Waals surface area (Å²) in [4.78, 5) is 27.9. The monoisotopic (exact) mass is 365 g/mol. The van der Waals surface area contributed by atoms with E-state index in [4.69, 9.17) is 4.98 Å². The quantitative estimate of drug-likeness (QED) is 0.492. The van der Waals surface area contributed by atoms with Crippen molar-refractivity contribution in [2.75, 3.05) is 13.7 Å². The van der Waals surface area contributed by atoms with E-state index in [0.717, 1.165) is 22.5 Å². The zero-order valence-corrected chi connectivity index (χ0v) is 15.4. The summed E-state index contributed by atoms with van der Waals surface area (Å²) in [6.45, 7) is 0.461. The average molecular weight is 365 g/mol. The number of benzene rings is 2. The van der Waals surface area contributed by atoms with Gasteiger partial charge in [-0.05, 0) is 30.7 Å². The molecule has 6 heteroatoms. The Bertz CT molecular complexity index is 919. The maximum absolute atomic E-state index is 12.1. The third-order valence-electron chi connectivity index (χ3n) is 4.33. The molecule has 0 bridgehead atoms. The van der Waals surface area contributed by atoms with Crippen molar-refractivity contribution in [3.63, 3.8) is 0 Å². The molecule has 0 aliphatic heterocycles. The first-order chi connectivity index (χ1) is 13.2. The van der Waals surface area contributed by atoms with Crippen LogP contribution in [-0.2, 0) is 20.7 Å². The highest BCUT2D eigenvalue weighted by Gasteiger charge is 2.13. The molecule has 0 fully saturated rings. The summed E-state index contributed by atoms with van der Waals surface area (Å²) in [5, 5.41) is 2.84. The number of hydrogen-bond donors (Lipinski definition) is 1. The number of carbonyl (C=O) groups is 2. The summed E-state index contributed by atoms with van der Waals surface area (Å²) in [7, 11) is 1.36. The number of ether oxygens (including phenoxy) is 1. The van der Waals surface area contributed by atoms with Gasteiger partial charge in [-0.15, -0.1) is 0 Å². The van der Waals surface area contributed by atoms with Crippen LogP contribution in [0.3, 0.4) is 0 Å². The number of fused-ring (bicyclic) bond motifs is 1. The molecule has 0 saturated heterocycles. The smallest absolute Gasteiger partial charge is 0.305 e. The second-order valence-electron chi connectivity index (χ2n) is 6.22. The van der Waals surface area contributed by atoms with Gasteiger partial charge in [0.25, 0.3) is 0 Å². The topological polar surface area (TPSA) is 73.2 Å². The van der Waals surface area contributed by atoms with Crippen molar-refractivity contribution in [3.8, 4) is 5.69 Å². The van der Waals surface area contributed by atoms with Crippen molar-refractivity contribution in [3.05, 3.63) is 60.4 Å². The van der Waals surface area contributed by atoms with E-state index in [0.29, 0.717) is 32.2 Å². The molecule has 2 aromatic carbocycles. The summed E-state index contributed by atoms with van der Waals surface area (Å²) < 4.78 is 6.68. The van der Waals surface area contributed by atoms with Gasteiger partial charge in [0.1, 0.15) is 5.82 Å². The summed E-state index contributed by atoms with van der Waals surface area (Å²) >= 11 is 0. The van der Waals surface area contributed by atoms with E-state index in [1.807, 2.05) is 54.6 Å². The molecule has 0 saturated carbocycles. The van der Waals surface area contributed by atoms with Gasteiger partial charge in [-0.25, -0.2) is 4.98 Å². The molecule has 1 heterocycles. The molecule has 140 valence electrons. The summed E-state index contributed by atoms with van der Waals surface area (Å²) in [5.74, 6) is 0.541. The fourth-order valence-corrected chi connectivity index (χ4v) is 2.99. The summed E-state index contributed by atoms with van der Waals surface area (Å²) in [6.07, 6.45) is 1.75. The van der Waals surface area contributed by atoms with Gasteiger partial charge in [0.2, 0.25) is 5.91 Å². The number of imidazole rings is 1. The summed E-state index contributed by atoms with van der Waals surface area (Å²) in [5.41, 5.74) is 2.96. The SMILES string of the molecule is COC(=O)CCCNC(=O)CCc1nc2ccccc2n1-c1ccccc1. The first kappa shape index (κ1) is 18.6. The Kier molecular flexibility index (Phi) is 6.20. The highest BCUT2D eigenvalue weighted by molar-refractivity contribution is 5.79. The third-order valence-corrected chi connectivity index (χ3v) is 4.33. The standard InChI is InChI=1S/C21H23N3O3/c1-27-21(26)12-7-15-22-20(25)14-13-19-23-17-10-5-6-11-18(17)24(19)16-8-3-2-4-9-16/h2-6,8-11H,7,12-15H2,1H3,(H,22,25). The number of nitrogens with one attached hydrogen (secondary N) is 1. The first-order valence-electron chi connectivity index (χ1n) is 9.04. The molecule has 0 aliphatic carbocycles. The van der Waals surface area contributed by atoms with E-state index < -0.39 is 0 Å². The van der Waals surface area contributed by atoms with E-state index in [2.05, 4.69) is 14.6 Å². The van der Waals surface area contributed by atoms with Crippen molar-refractivity contribution < 1.29 is 14.3 Å². The zero-order chi connectivity index (χ0) is 19.1. The van der Waals surface area contributed by atoms with Crippen LogP contribution in [0.25, 0.3) is 16.7 Å². The van der Waals surface area contributed by atoms with Gasteiger partial charge in [-0.3, -0.25) is 14.2 Å². The number of aromatic nitrogens is 2. The van der Waals surface area contributed by atoms with E-state index in [1.165, 1.54) is 7.11 Å². The van der Waals surface area contributed by atoms with Crippen LogP contribution in [0.2, 0.25) is 0 Å². The van der Waals surface area contributed by atoms with Crippen molar-refractivity contribution in [2.24, 2.45) is 0 Å². The van der Waals surface area contributed by atoms with Crippen LogP contribution >= 0.6 is 0 Å². The largest absolute Gasteiger partial charge is 0.469 e. The highest BCUT2D eigenvalue weighted by Crippen LogP contribution is 2.22. The number of carbonyl (C=O) groups excluding carboxylic acids is 2. The van der Waals surface area contributed by atoms with Crippen LogP contribution < -0.4 is 5.32 Å². The number of hydrogen-bond acceptors (Lipinski definition) is 4. The molecule has 1 aromatic heterocycles. The van der Waals surface area contributed by atoms with Gasteiger partial charge in [0.05, 0.1) is 18.1 Å². The average Bonchev–Trinajstić information content (AvgIpc) is 3.08. The van der Waals surface area contributed by atoms with Crippen LogP contribution in [0, 0.1) is 0 Å². The molecule has 1 N–H and O–H groups in total. The van der Waals surface area contributed by atoms with Crippen LogP contribution in [0.5, 0.6) is 0 Å².